The number of halogens is 1. The van der Waals surface area contributed by atoms with Gasteiger partial charge in [-0.05, 0) is 166 Å². The number of carbonyl (C=O) groups excluding carboxylic acids is 4. The number of nitrogens with zero attached hydrogens (tertiary/aromatic N) is 1. The Balaban J connectivity index is 0.000000193. The molecule has 0 bridgehead atoms. The zero-order valence-electron chi connectivity index (χ0n) is 53.6. The predicted molar refractivity (Wildman–Crippen MR) is 355 cm³/mol. The highest BCUT2D eigenvalue weighted by molar-refractivity contribution is 9.08. The number of benzene rings is 6. The highest BCUT2D eigenvalue weighted by Crippen LogP contribution is 2.46. The lowest BCUT2D eigenvalue weighted by Gasteiger charge is -2.31. The average molecular weight is 1240 g/mol. The molecule has 0 aliphatic heterocycles. The Labute approximate surface area is 528 Å². The van der Waals surface area contributed by atoms with Crippen molar-refractivity contribution >= 4 is 45.6 Å². The van der Waals surface area contributed by atoms with Crippen molar-refractivity contribution in [3.05, 3.63) is 214 Å². The summed E-state index contributed by atoms with van der Waals surface area (Å²) in [5, 5.41) is 3.72. The van der Waals surface area contributed by atoms with Crippen molar-refractivity contribution in [2.45, 2.75) is 223 Å². The van der Waals surface area contributed by atoms with E-state index in [4.69, 9.17) is 23.9 Å². The van der Waals surface area contributed by atoms with Gasteiger partial charge in [0.25, 0.3) is 0 Å². The van der Waals surface area contributed by atoms with Gasteiger partial charge in [0.2, 0.25) is 0 Å². The first-order valence-electron chi connectivity index (χ1n) is 31.5. The smallest absolute Gasteiger partial charge is 0.407 e. The third-order valence-electron chi connectivity index (χ3n) is 16.5. The zero-order chi connectivity index (χ0) is 62.9. The fourth-order valence-electron chi connectivity index (χ4n) is 12.2. The summed E-state index contributed by atoms with van der Waals surface area (Å²) in [7, 11) is 0. The van der Waals surface area contributed by atoms with E-state index >= 15 is 0 Å². The second kappa shape index (κ2) is 30.4. The number of nitrogens with one attached hydrogen (secondary N) is 1. The molecule has 0 saturated heterocycles. The van der Waals surface area contributed by atoms with Crippen LogP contribution in [0.5, 0.6) is 0 Å². The van der Waals surface area contributed by atoms with Crippen molar-refractivity contribution in [3.8, 4) is 0 Å². The second-order valence-electron chi connectivity index (χ2n) is 27.2. The van der Waals surface area contributed by atoms with Crippen LogP contribution in [0.15, 0.2) is 169 Å². The lowest BCUT2D eigenvalue weighted by atomic mass is 9.78. The van der Waals surface area contributed by atoms with E-state index in [1.165, 1.54) is 11.1 Å². The highest BCUT2D eigenvalue weighted by Gasteiger charge is 2.48. The van der Waals surface area contributed by atoms with Gasteiger partial charge in [0.15, 0.2) is 0 Å². The van der Waals surface area contributed by atoms with Gasteiger partial charge in [-0.3, -0.25) is 19.4 Å². The van der Waals surface area contributed by atoms with Crippen molar-refractivity contribution in [2.75, 3.05) is 0 Å². The van der Waals surface area contributed by atoms with Crippen molar-refractivity contribution in [3.63, 3.8) is 0 Å². The Morgan fingerprint density at radius 3 is 1.10 bits per heavy atom. The number of hydrogen-bond acceptors (Lipinski definition) is 9. The van der Waals surface area contributed by atoms with Gasteiger partial charge in [0.05, 0.1) is 28.0 Å². The van der Waals surface area contributed by atoms with E-state index in [-0.39, 0.29) is 36.6 Å². The summed E-state index contributed by atoms with van der Waals surface area (Å²) in [6.45, 7) is 21.7. The number of hydrogen-bond donors (Lipinski definition) is 1. The maximum Gasteiger partial charge on any atom is 0.407 e. The third kappa shape index (κ3) is 19.3. The Bertz CT molecular complexity index is 3120. The summed E-state index contributed by atoms with van der Waals surface area (Å²) in [4.78, 5) is 56.2. The molecule has 0 radical (unpaired) electrons. The number of ether oxygens (including phenoxy) is 4. The molecule has 9 rings (SSSR count). The summed E-state index contributed by atoms with van der Waals surface area (Å²) in [6.07, 6.45) is 12.7. The summed E-state index contributed by atoms with van der Waals surface area (Å²) in [5.41, 5.74) is 8.10. The van der Waals surface area contributed by atoms with Gasteiger partial charge in [0.1, 0.15) is 23.4 Å². The number of alkyl halides is 1. The summed E-state index contributed by atoms with van der Waals surface area (Å²) in [6, 6.07) is 55.6. The van der Waals surface area contributed by atoms with Gasteiger partial charge in [-0.25, -0.2) is 4.79 Å². The number of carbonyl (C=O) groups is 4. The van der Waals surface area contributed by atoms with Gasteiger partial charge in [-0.1, -0.05) is 218 Å². The first kappa shape index (κ1) is 67.7. The molecular formula is C76H95BrN2O8. The van der Waals surface area contributed by atoms with Crippen LogP contribution in [0.1, 0.15) is 203 Å². The molecule has 6 aromatic carbocycles. The molecule has 11 heteroatoms. The SMILES string of the molecule is CC(C)(C)OC(=O)C1(c2ccc(CBr)cc2)CCCC1.CC(Cc1ccc(C2(C(=O)OC(C)(C)C)CCCC2)cc1)N=C(c1ccccc1)c1ccccc1.CC(Cc1ccc(C2(C(=O)OC(C)(C)C)CCCC2)cc1)NC(=O)OCc1ccccc1. The van der Waals surface area contributed by atoms with Crippen LogP contribution in [0.3, 0.4) is 0 Å². The topological polar surface area (TPSA) is 130 Å². The molecule has 3 aliphatic rings. The highest BCUT2D eigenvalue weighted by atomic mass is 79.9. The van der Waals surface area contributed by atoms with Gasteiger partial charge >= 0.3 is 24.0 Å². The molecule has 87 heavy (non-hydrogen) atoms. The first-order valence-corrected chi connectivity index (χ1v) is 32.6. The predicted octanol–water partition coefficient (Wildman–Crippen LogP) is 17.7. The first-order chi connectivity index (χ1) is 41.3. The minimum absolute atomic E-state index is 0.0610. The van der Waals surface area contributed by atoms with Crippen molar-refractivity contribution < 1.29 is 38.1 Å². The van der Waals surface area contributed by atoms with Gasteiger partial charge in [-0.2, -0.15) is 0 Å². The molecule has 464 valence electrons. The fraction of sp³-hybridized carbons (Fsp3) is 0.461. The Morgan fingerprint density at radius 2 is 0.770 bits per heavy atom. The number of aliphatic imine (C=N–C) groups is 1. The lowest BCUT2D eigenvalue weighted by molar-refractivity contribution is -0.163. The summed E-state index contributed by atoms with van der Waals surface area (Å²) >= 11 is 3.46. The molecule has 10 nitrogen and oxygen atoms in total. The van der Waals surface area contributed by atoms with Crippen LogP contribution < -0.4 is 5.32 Å². The van der Waals surface area contributed by atoms with Crippen molar-refractivity contribution in [2.24, 2.45) is 4.99 Å². The van der Waals surface area contributed by atoms with E-state index in [9.17, 15) is 19.2 Å². The van der Waals surface area contributed by atoms with E-state index in [0.29, 0.717) is 6.42 Å². The Kier molecular flexibility index (Phi) is 23.6. The Hall–Kier alpha value is -6.85. The Morgan fingerprint density at radius 1 is 0.448 bits per heavy atom. The van der Waals surface area contributed by atoms with E-state index in [1.54, 1.807) is 0 Å². The molecule has 0 heterocycles. The van der Waals surface area contributed by atoms with Gasteiger partial charge in [0, 0.05) is 22.5 Å². The zero-order valence-corrected chi connectivity index (χ0v) is 55.2. The van der Waals surface area contributed by atoms with Crippen molar-refractivity contribution in [1.29, 1.82) is 0 Å². The van der Waals surface area contributed by atoms with Crippen LogP contribution in [0.2, 0.25) is 0 Å². The quantitative estimate of drug-likeness (QED) is 0.0414. The molecule has 3 fully saturated rings. The lowest BCUT2D eigenvalue weighted by Crippen LogP contribution is -2.39. The molecule has 1 N–H and O–H groups in total. The largest absolute Gasteiger partial charge is 0.459 e. The van der Waals surface area contributed by atoms with Gasteiger partial charge in [-0.15, -0.1) is 0 Å². The van der Waals surface area contributed by atoms with E-state index in [0.717, 1.165) is 133 Å². The van der Waals surface area contributed by atoms with Crippen LogP contribution >= 0.6 is 15.9 Å². The molecule has 0 spiro atoms. The molecule has 1 amide bonds. The monoisotopic (exact) mass is 1240 g/mol. The molecule has 2 atom stereocenters. The van der Waals surface area contributed by atoms with E-state index < -0.39 is 39.1 Å². The molecule has 3 saturated carbocycles. The van der Waals surface area contributed by atoms with Crippen LogP contribution in [0.25, 0.3) is 0 Å². The van der Waals surface area contributed by atoms with Crippen LogP contribution in [-0.4, -0.2) is 58.6 Å². The van der Waals surface area contributed by atoms with Crippen LogP contribution in [0, 0.1) is 0 Å². The normalized spacial score (nSPS) is 16.5. The number of esters is 3. The molecule has 2 unspecified atom stereocenters. The van der Waals surface area contributed by atoms with Crippen LogP contribution in [-0.2, 0) is 74.4 Å². The average Bonchev–Trinajstić information content (AvgIpc) is 2.27. The number of alkyl carbamates (subject to hydrolysis) is 1. The molecule has 3 aliphatic carbocycles. The maximum absolute atomic E-state index is 13.2. The minimum Gasteiger partial charge on any atom is -0.459 e. The number of rotatable bonds is 17. The maximum atomic E-state index is 13.2. The van der Waals surface area contributed by atoms with E-state index in [1.807, 2.05) is 136 Å². The standard InChI is InChI=1S/C32H37NO2.C27H35NO4.C17H23BrO2/c1-24(33-29(26-13-7-5-8-14-26)27-15-9-6-10-16-27)23-25-17-19-28(20-18-25)32(21-11-12-22-32)30(34)35-31(2,3)4;1-20(28-25(30)31-19-22-10-6-5-7-11-22)18-21-12-14-23(15-13-21)27(16-8-9-17-27)24(29)32-26(2,3)4;1-16(2,3)20-15(19)17(10-4-5-11-17)14-8-6-13(12-18)7-9-14/h5-10,13-20,24H,11-12,21-23H2,1-4H3;5-7,10-15,20H,8-9,16-19H2,1-4H3,(H,28,30);6-9H,4-5,10-12H2,1-3H3. The summed E-state index contributed by atoms with van der Waals surface area (Å²) in [5.74, 6) is -0.260. The summed E-state index contributed by atoms with van der Waals surface area (Å²) < 4.78 is 22.6. The molecule has 6 aromatic rings. The fourth-order valence-corrected chi connectivity index (χ4v) is 12.6. The molecule has 0 aromatic heterocycles. The molecular weight excluding hydrogens is 1150 g/mol. The third-order valence-corrected chi connectivity index (χ3v) is 17.2. The van der Waals surface area contributed by atoms with Gasteiger partial charge < -0.3 is 24.3 Å². The number of amides is 1. The second-order valence-corrected chi connectivity index (χ2v) is 27.7. The van der Waals surface area contributed by atoms with Crippen molar-refractivity contribution in [1.82, 2.24) is 5.32 Å². The van der Waals surface area contributed by atoms with E-state index in [2.05, 4.69) is 125 Å². The van der Waals surface area contributed by atoms with Crippen LogP contribution in [0.4, 0.5) is 4.79 Å². The minimum atomic E-state index is -0.545.